The highest BCUT2D eigenvalue weighted by molar-refractivity contribution is 5.75. The van der Waals surface area contributed by atoms with Crippen molar-refractivity contribution >= 4 is 16.9 Å². The summed E-state index contributed by atoms with van der Waals surface area (Å²) in [6.45, 7) is 0.767. The molecule has 9 heteroatoms. The molecule has 3 heterocycles. The van der Waals surface area contributed by atoms with E-state index < -0.39 is 12.0 Å². The number of alkyl halides is 3. The van der Waals surface area contributed by atoms with E-state index >= 15 is 0 Å². The van der Waals surface area contributed by atoms with Crippen LogP contribution in [-0.2, 0) is 19.3 Å². The van der Waals surface area contributed by atoms with Crippen LogP contribution in [-0.4, -0.2) is 31.3 Å². The third-order valence-corrected chi connectivity index (χ3v) is 3.77. The van der Waals surface area contributed by atoms with Crippen molar-refractivity contribution < 1.29 is 13.2 Å². The monoisotopic (exact) mass is 320 g/mol. The van der Waals surface area contributed by atoms with Crippen molar-refractivity contribution in [2.75, 3.05) is 11.4 Å². The molecule has 1 aromatic carbocycles. The van der Waals surface area contributed by atoms with Crippen LogP contribution >= 0.6 is 0 Å². The van der Waals surface area contributed by atoms with Crippen molar-refractivity contribution in [3.8, 4) is 0 Å². The predicted molar refractivity (Wildman–Crippen MR) is 75.6 cm³/mol. The highest BCUT2D eigenvalue weighted by Crippen LogP contribution is 2.30. The van der Waals surface area contributed by atoms with E-state index in [2.05, 4.69) is 20.2 Å². The summed E-state index contributed by atoms with van der Waals surface area (Å²) in [4.78, 5) is 10.7. The quantitative estimate of drug-likeness (QED) is 0.688. The molecule has 0 fully saturated rings. The van der Waals surface area contributed by atoms with Crippen molar-refractivity contribution in [2.45, 2.75) is 19.3 Å². The van der Waals surface area contributed by atoms with Gasteiger partial charge in [0.05, 0.1) is 23.8 Å². The van der Waals surface area contributed by atoms with Crippen LogP contribution in [0.1, 0.15) is 11.6 Å². The van der Waals surface area contributed by atoms with Crippen LogP contribution in [0.25, 0.3) is 11.0 Å². The molecule has 0 spiro atoms. The van der Waals surface area contributed by atoms with Gasteiger partial charge in [-0.15, -0.1) is 10.2 Å². The molecule has 118 valence electrons. The van der Waals surface area contributed by atoms with Crippen LogP contribution in [0.4, 0.5) is 19.0 Å². The van der Waals surface area contributed by atoms with E-state index in [4.69, 9.17) is 0 Å². The van der Waals surface area contributed by atoms with E-state index in [1.165, 1.54) is 0 Å². The number of fused-ring (bicyclic) bond motifs is 2. The van der Waals surface area contributed by atoms with Gasteiger partial charge in [0.1, 0.15) is 5.82 Å². The van der Waals surface area contributed by atoms with E-state index in [1.807, 2.05) is 29.2 Å². The molecular formula is C14H11F3N6. The summed E-state index contributed by atoms with van der Waals surface area (Å²) in [5.41, 5.74) is 1.52. The van der Waals surface area contributed by atoms with Crippen molar-refractivity contribution in [1.29, 1.82) is 0 Å². The Bertz CT molecular complexity index is 872. The first-order chi connectivity index (χ1) is 11.0. The second kappa shape index (κ2) is 4.90. The van der Waals surface area contributed by atoms with Gasteiger partial charge in [0.25, 0.3) is 0 Å². The largest absolute Gasteiger partial charge is 0.451 e. The maximum Gasteiger partial charge on any atom is 0.451 e. The molecule has 0 N–H and O–H groups in total. The summed E-state index contributed by atoms with van der Waals surface area (Å²) >= 11 is 0. The van der Waals surface area contributed by atoms with Crippen LogP contribution in [0, 0.1) is 0 Å². The molecular weight excluding hydrogens is 309 g/mol. The van der Waals surface area contributed by atoms with Crippen molar-refractivity contribution in [2.24, 2.45) is 0 Å². The van der Waals surface area contributed by atoms with Crippen LogP contribution in [0.15, 0.2) is 30.5 Å². The van der Waals surface area contributed by atoms with Gasteiger partial charge >= 0.3 is 6.18 Å². The third-order valence-electron chi connectivity index (χ3n) is 3.77. The number of rotatable bonds is 1. The minimum absolute atomic E-state index is 0.158. The predicted octanol–water partition coefficient (Wildman–Crippen LogP) is 2.26. The number of aromatic nitrogens is 5. The van der Waals surface area contributed by atoms with Gasteiger partial charge < -0.3 is 9.47 Å². The number of nitrogens with zero attached hydrogens (tertiary/aromatic N) is 6. The Balaban J connectivity index is 1.66. The Morgan fingerprint density at radius 3 is 2.57 bits per heavy atom. The number of halogens is 3. The number of hydrogen-bond acceptors (Lipinski definition) is 5. The van der Waals surface area contributed by atoms with Crippen molar-refractivity contribution in [3.63, 3.8) is 0 Å². The van der Waals surface area contributed by atoms with E-state index in [0.717, 1.165) is 15.6 Å². The van der Waals surface area contributed by atoms with Crippen molar-refractivity contribution in [3.05, 3.63) is 42.1 Å². The van der Waals surface area contributed by atoms with Crippen LogP contribution in [0.3, 0.4) is 0 Å². The van der Waals surface area contributed by atoms with Gasteiger partial charge in [0.15, 0.2) is 5.82 Å². The zero-order valence-corrected chi connectivity index (χ0v) is 11.8. The molecule has 0 bridgehead atoms. The molecule has 1 aliphatic heterocycles. The van der Waals surface area contributed by atoms with E-state index in [0.29, 0.717) is 12.4 Å². The summed E-state index contributed by atoms with van der Waals surface area (Å²) in [7, 11) is 0. The van der Waals surface area contributed by atoms with Crippen LogP contribution in [0.2, 0.25) is 0 Å². The molecule has 0 unspecified atom stereocenters. The zero-order chi connectivity index (χ0) is 16.0. The Morgan fingerprint density at radius 1 is 1.00 bits per heavy atom. The fourth-order valence-electron chi connectivity index (χ4n) is 2.66. The van der Waals surface area contributed by atoms with Crippen LogP contribution in [0.5, 0.6) is 0 Å². The van der Waals surface area contributed by atoms with Crippen LogP contribution < -0.4 is 4.90 Å². The lowest BCUT2D eigenvalue weighted by atomic mass is 10.3. The molecule has 0 radical (unpaired) electrons. The molecule has 0 saturated heterocycles. The maximum atomic E-state index is 12.8. The summed E-state index contributed by atoms with van der Waals surface area (Å²) in [6, 6.07) is 7.44. The number of hydrogen-bond donors (Lipinski definition) is 0. The summed E-state index contributed by atoms with van der Waals surface area (Å²) in [5.74, 6) is -0.0539. The summed E-state index contributed by atoms with van der Waals surface area (Å²) < 4.78 is 39.6. The molecule has 23 heavy (non-hydrogen) atoms. The molecule has 0 aliphatic carbocycles. The normalized spacial score (nSPS) is 15.0. The Hall–Kier alpha value is -2.71. The highest BCUT2D eigenvalue weighted by Gasteiger charge is 2.39. The van der Waals surface area contributed by atoms with Crippen molar-refractivity contribution in [1.82, 2.24) is 24.7 Å². The average Bonchev–Trinajstić information content (AvgIpc) is 2.97. The molecule has 4 rings (SSSR count). The van der Waals surface area contributed by atoms with Gasteiger partial charge in [-0.3, -0.25) is 4.98 Å². The van der Waals surface area contributed by atoms with E-state index in [1.54, 1.807) is 6.20 Å². The zero-order valence-electron chi connectivity index (χ0n) is 11.8. The first-order valence-corrected chi connectivity index (χ1v) is 6.98. The van der Waals surface area contributed by atoms with Gasteiger partial charge in [-0.05, 0) is 12.1 Å². The minimum Gasteiger partial charge on any atom is -0.346 e. The smallest absolute Gasteiger partial charge is 0.346 e. The number of para-hydroxylation sites is 2. The highest BCUT2D eigenvalue weighted by atomic mass is 19.4. The van der Waals surface area contributed by atoms with E-state index in [-0.39, 0.29) is 18.9 Å². The first kappa shape index (κ1) is 13.9. The molecule has 6 nitrogen and oxygen atoms in total. The van der Waals surface area contributed by atoms with E-state index in [9.17, 15) is 13.2 Å². The SMILES string of the molecule is FC(F)(F)c1nnc2n1CCN(c1cnc3ccccc3n1)C2. The van der Waals surface area contributed by atoms with Gasteiger partial charge in [-0.1, -0.05) is 12.1 Å². The number of anilines is 1. The lowest BCUT2D eigenvalue weighted by molar-refractivity contribution is -0.147. The van der Waals surface area contributed by atoms with Gasteiger partial charge in [0.2, 0.25) is 5.82 Å². The molecule has 0 amide bonds. The fraction of sp³-hybridized carbons (Fsp3) is 0.286. The molecule has 0 atom stereocenters. The molecule has 0 saturated carbocycles. The number of benzene rings is 1. The minimum atomic E-state index is -4.49. The third kappa shape index (κ3) is 2.37. The maximum absolute atomic E-state index is 12.8. The van der Waals surface area contributed by atoms with Gasteiger partial charge in [0, 0.05) is 13.1 Å². The lowest BCUT2D eigenvalue weighted by Gasteiger charge is -2.28. The molecule has 3 aromatic rings. The second-order valence-corrected chi connectivity index (χ2v) is 5.23. The fourth-order valence-corrected chi connectivity index (χ4v) is 2.66. The van der Waals surface area contributed by atoms with Gasteiger partial charge in [-0.2, -0.15) is 13.2 Å². The Morgan fingerprint density at radius 2 is 1.78 bits per heavy atom. The topological polar surface area (TPSA) is 59.7 Å². The Kier molecular flexibility index (Phi) is 2.97. The average molecular weight is 320 g/mol. The molecule has 2 aromatic heterocycles. The summed E-state index contributed by atoms with van der Waals surface area (Å²) in [6.07, 6.45) is -2.87. The van der Waals surface area contributed by atoms with Gasteiger partial charge in [-0.25, -0.2) is 4.98 Å². The summed E-state index contributed by atoms with van der Waals surface area (Å²) in [5, 5.41) is 6.94. The molecule has 1 aliphatic rings. The lowest BCUT2D eigenvalue weighted by Crippen LogP contribution is -2.35. The first-order valence-electron chi connectivity index (χ1n) is 6.98. The Labute approximate surface area is 128 Å². The standard InChI is InChI=1S/C14H11F3N6/c15-14(16,17)13-21-20-12-8-22(5-6-23(12)13)11-7-18-9-3-1-2-4-10(9)19-11/h1-4,7H,5-6,8H2. The second-order valence-electron chi connectivity index (χ2n) is 5.23.